The maximum Gasteiger partial charge on any atom is 0.0632 e. The molecule has 8 rings (SSSR count). The highest BCUT2D eigenvalue weighted by Gasteiger charge is 2.22. The number of fused-ring (bicyclic) bond motifs is 6. The zero-order valence-electron chi connectivity index (χ0n) is 20.9. The van der Waals surface area contributed by atoms with Crippen LogP contribution in [0.4, 0.5) is 0 Å². The third-order valence-corrected chi connectivity index (χ3v) is 7.86. The average molecular weight is 485 g/mol. The van der Waals surface area contributed by atoms with E-state index in [9.17, 15) is 0 Å². The van der Waals surface area contributed by atoms with Gasteiger partial charge in [-0.3, -0.25) is 0 Å². The largest absolute Gasteiger partial charge is 0.312 e. The average Bonchev–Trinajstić information content (AvgIpc) is 3.50. The number of hydrogen-bond acceptors (Lipinski definition) is 0. The summed E-state index contributed by atoms with van der Waals surface area (Å²) in [6, 6.07) is 45.8. The van der Waals surface area contributed by atoms with Crippen LogP contribution in [-0.4, -0.2) is 9.13 Å². The molecule has 2 heteroatoms. The van der Waals surface area contributed by atoms with Gasteiger partial charge in [-0.25, -0.2) is 0 Å². The van der Waals surface area contributed by atoms with E-state index < -0.39 is 0 Å². The van der Waals surface area contributed by atoms with Crippen molar-refractivity contribution >= 4 is 38.8 Å². The smallest absolute Gasteiger partial charge is 0.0632 e. The molecule has 2 aromatic heterocycles. The lowest BCUT2D eigenvalue weighted by Gasteiger charge is -2.18. The lowest BCUT2D eigenvalue weighted by molar-refractivity contribution is 0.889. The van der Waals surface area contributed by atoms with Crippen LogP contribution in [0.15, 0.2) is 115 Å². The number of benzene rings is 4. The highest BCUT2D eigenvalue weighted by molar-refractivity contribution is 6.09. The number of allylic oxidation sites excluding steroid dienone is 1. The van der Waals surface area contributed by atoms with Gasteiger partial charge in [0, 0.05) is 33.0 Å². The zero-order chi connectivity index (χ0) is 25.1. The molecule has 0 N–H and O–H groups in total. The summed E-state index contributed by atoms with van der Waals surface area (Å²) in [5.74, 6) is 0. The van der Waals surface area contributed by atoms with E-state index in [1.807, 2.05) is 6.07 Å². The van der Waals surface area contributed by atoms with Crippen LogP contribution in [0.5, 0.6) is 0 Å². The monoisotopic (exact) mass is 484 g/mol. The van der Waals surface area contributed by atoms with E-state index in [-0.39, 0.29) is 0 Å². The van der Waals surface area contributed by atoms with Crippen molar-refractivity contribution in [3.05, 3.63) is 139 Å². The lowest BCUT2D eigenvalue weighted by Crippen LogP contribution is -2.05. The molecular weight excluding hydrogens is 460 g/mol. The number of aromatic nitrogens is 2. The summed E-state index contributed by atoms with van der Waals surface area (Å²) in [5, 5.41) is 3.82. The molecule has 0 fully saturated rings. The van der Waals surface area contributed by atoms with E-state index >= 15 is 0 Å². The molecule has 5 aromatic carbocycles. The van der Waals surface area contributed by atoms with E-state index in [4.69, 9.17) is 0 Å². The Morgan fingerprint density at radius 2 is 1.21 bits per heavy atom. The van der Waals surface area contributed by atoms with Crippen LogP contribution < -0.4 is 0 Å². The van der Waals surface area contributed by atoms with Crippen LogP contribution >= 0.6 is 0 Å². The molecule has 1 aliphatic rings. The third-order valence-electron chi connectivity index (χ3n) is 7.86. The Balaban J connectivity index is 1.45. The zero-order valence-corrected chi connectivity index (χ0v) is 20.9. The van der Waals surface area contributed by atoms with E-state index in [0.29, 0.717) is 0 Å². The quantitative estimate of drug-likeness (QED) is 0.237. The molecule has 0 saturated carbocycles. The summed E-state index contributed by atoms with van der Waals surface area (Å²) >= 11 is 0. The van der Waals surface area contributed by atoms with Crippen LogP contribution in [0.1, 0.15) is 17.7 Å². The number of nitrogens with zero attached hydrogens (tertiary/aromatic N) is 2. The summed E-state index contributed by atoms with van der Waals surface area (Å²) in [6.07, 6.45) is 6.68. The van der Waals surface area contributed by atoms with E-state index in [2.05, 4.69) is 137 Å². The topological polar surface area (TPSA) is 9.86 Å². The lowest BCUT2D eigenvalue weighted by atomic mass is 10.0. The van der Waals surface area contributed by atoms with E-state index in [1.165, 1.54) is 49.7 Å². The standard InChI is InChI=1S/C36H24N2/c1-7-19-31-25(13-1)26-14-2-8-20-32(26)37(31)35-23-11-5-17-29(35)30-18-6-12-24-36(30)38-33-21-9-3-15-27(33)28-16-4-10-22-34(28)38/h1-5,7,9-17,19,21-24H,8,20H2. The molecule has 0 amide bonds. The molecule has 0 bridgehead atoms. The summed E-state index contributed by atoms with van der Waals surface area (Å²) in [7, 11) is 0. The summed E-state index contributed by atoms with van der Waals surface area (Å²) in [6.45, 7) is 0. The van der Waals surface area contributed by atoms with Crippen molar-refractivity contribution in [1.82, 2.24) is 9.13 Å². The Kier molecular flexibility index (Phi) is 4.59. The van der Waals surface area contributed by atoms with Gasteiger partial charge >= 0.3 is 0 Å². The van der Waals surface area contributed by atoms with Crippen molar-refractivity contribution in [2.75, 3.05) is 0 Å². The normalized spacial score (nSPS) is 12.7. The maximum atomic E-state index is 3.53. The molecule has 2 heterocycles. The second-order valence-electron chi connectivity index (χ2n) is 9.90. The van der Waals surface area contributed by atoms with Crippen molar-refractivity contribution in [2.24, 2.45) is 0 Å². The molecule has 178 valence electrons. The van der Waals surface area contributed by atoms with Crippen molar-refractivity contribution in [1.29, 1.82) is 0 Å². The van der Waals surface area contributed by atoms with Gasteiger partial charge in [0.2, 0.25) is 0 Å². The van der Waals surface area contributed by atoms with Crippen LogP contribution in [0, 0.1) is 12.1 Å². The SMILES string of the molecule is c1ccc(-n2c3ccccc3c3ccccc32)c(-c2ccccc2-n2c3c(c4ccccc42)C=CCC3)c#1. The molecule has 2 nitrogen and oxygen atoms in total. The van der Waals surface area contributed by atoms with Gasteiger partial charge in [0.05, 0.1) is 33.5 Å². The molecule has 0 radical (unpaired) electrons. The van der Waals surface area contributed by atoms with Crippen LogP contribution in [0.3, 0.4) is 0 Å². The predicted molar refractivity (Wildman–Crippen MR) is 158 cm³/mol. The van der Waals surface area contributed by atoms with Crippen molar-refractivity contribution in [3.63, 3.8) is 0 Å². The number of hydrogen-bond donors (Lipinski definition) is 0. The minimum Gasteiger partial charge on any atom is -0.312 e. The Morgan fingerprint density at radius 1 is 0.579 bits per heavy atom. The summed E-state index contributed by atoms with van der Waals surface area (Å²) in [5.41, 5.74) is 10.8. The van der Waals surface area contributed by atoms with Gasteiger partial charge in [0.15, 0.2) is 0 Å². The molecule has 0 atom stereocenters. The Bertz CT molecular complexity index is 1980. The third kappa shape index (κ3) is 2.97. The first-order valence-corrected chi connectivity index (χ1v) is 13.2. The van der Waals surface area contributed by atoms with Crippen LogP contribution in [0.25, 0.3) is 61.3 Å². The Morgan fingerprint density at radius 3 is 1.97 bits per heavy atom. The molecule has 0 spiro atoms. The summed E-state index contributed by atoms with van der Waals surface area (Å²) < 4.78 is 4.85. The number of rotatable bonds is 3. The Labute approximate surface area is 221 Å². The first-order valence-electron chi connectivity index (χ1n) is 13.2. The highest BCUT2D eigenvalue weighted by atomic mass is 15.0. The van der Waals surface area contributed by atoms with Gasteiger partial charge < -0.3 is 9.13 Å². The second kappa shape index (κ2) is 8.26. The van der Waals surface area contributed by atoms with E-state index in [1.54, 1.807) is 0 Å². The van der Waals surface area contributed by atoms with Crippen molar-refractivity contribution < 1.29 is 0 Å². The molecule has 7 aromatic rings. The van der Waals surface area contributed by atoms with Gasteiger partial charge in [-0.2, -0.15) is 0 Å². The molecule has 38 heavy (non-hydrogen) atoms. The minimum absolute atomic E-state index is 1.03. The van der Waals surface area contributed by atoms with Gasteiger partial charge in [0.25, 0.3) is 0 Å². The van der Waals surface area contributed by atoms with Gasteiger partial charge in [-0.15, -0.1) is 0 Å². The van der Waals surface area contributed by atoms with Crippen molar-refractivity contribution in [2.45, 2.75) is 12.8 Å². The predicted octanol–water partition coefficient (Wildman–Crippen LogP) is 8.95. The summed E-state index contributed by atoms with van der Waals surface area (Å²) in [4.78, 5) is 0. The fourth-order valence-electron chi connectivity index (χ4n) is 6.28. The fraction of sp³-hybridized carbons (Fsp3) is 0.0556. The van der Waals surface area contributed by atoms with Gasteiger partial charge in [-0.1, -0.05) is 97.1 Å². The van der Waals surface area contributed by atoms with Crippen molar-refractivity contribution in [3.8, 4) is 22.5 Å². The maximum absolute atomic E-state index is 3.53. The molecule has 0 aliphatic heterocycles. The first kappa shape index (κ1) is 21.1. The van der Waals surface area contributed by atoms with Crippen LogP contribution in [0.2, 0.25) is 0 Å². The fourth-order valence-corrected chi connectivity index (χ4v) is 6.28. The molecule has 0 unspecified atom stereocenters. The first-order chi connectivity index (χ1) is 18.9. The van der Waals surface area contributed by atoms with Gasteiger partial charge in [-0.05, 0) is 49.2 Å². The molecular formula is C36H24N2. The molecule has 1 aliphatic carbocycles. The minimum atomic E-state index is 1.03. The number of para-hydroxylation sites is 4. The second-order valence-corrected chi connectivity index (χ2v) is 9.90. The highest BCUT2D eigenvalue weighted by Crippen LogP contribution is 2.40. The van der Waals surface area contributed by atoms with E-state index in [0.717, 1.165) is 29.7 Å². The Hall–Kier alpha value is -5.00. The van der Waals surface area contributed by atoms with Gasteiger partial charge in [0.1, 0.15) is 0 Å². The molecule has 0 saturated heterocycles. The van der Waals surface area contributed by atoms with Crippen LogP contribution in [-0.2, 0) is 6.42 Å².